The van der Waals surface area contributed by atoms with Crippen LogP contribution in [0.25, 0.3) is 76.8 Å². The molecule has 0 nitrogen and oxygen atoms in total. The normalized spacial score (nSPS) is 20.7. The molecular weight excluding hydrogens is 504 g/mol. The Hall–Kier alpha value is -5.46. The highest BCUT2D eigenvalue weighted by atomic mass is 14.2. The van der Waals surface area contributed by atoms with Crippen molar-refractivity contribution in [1.29, 1.82) is 0 Å². The summed E-state index contributed by atoms with van der Waals surface area (Å²) in [5.41, 5.74) is -6.73. The van der Waals surface area contributed by atoms with E-state index < -0.39 is 246 Å². The fourth-order valence-corrected chi connectivity index (χ4v) is 4.56. The summed E-state index contributed by atoms with van der Waals surface area (Å²) in [5.74, 6) is 0. The van der Waals surface area contributed by atoms with Gasteiger partial charge >= 0.3 is 0 Å². The Kier molecular flexibility index (Phi) is 2.19. The van der Waals surface area contributed by atoms with Crippen LogP contribution in [-0.4, -0.2) is 0 Å². The van der Waals surface area contributed by atoms with Gasteiger partial charge in [0, 0.05) is 0 Å². The first kappa shape index (κ1) is 9.02. The van der Waals surface area contributed by atoms with Crippen LogP contribution in [-0.2, 0) is 0 Å². The molecule has 0 radical (unpaired) electrons. The number of hydrogen-bond donors (Lipinski definition) is 0. The Balaban J connectivity index is 1.77. The predicted octanol–water partition coefficient (Wildman–Crippen LogP) is 11.8. The van der Waals surface area contributed by atoms with Gasteiger partial charge in [-0.05, 0) is 88.9 Å². The molecule has 0 atom stereocenters. The minimum Gasteiger partial charge on any atom is -0.0622 e. The molecule has 0 saturated carbocycles. The Bertz CT molecular complexity index is 3710. The van der Waals surface area contributed by atoms with Crippen LogP contribution in [0.15, 0.2) is 169 Å². The van der Waals surface area contributed by atoms with Crippen LogP contribution in [0, 0.1) is 0 Å². The van der Waals surface area contributed by atoms with Crippen molar-refractivity contribution in [2.75, 3.05) is 0 Å². The Morgan fingerprint density at radius 3 is 1.40 bits per heavy atom. The molecule has 0 aromatic heterocycles. The lowest BCUT2D eigenvalue weighted by atomic mass is 9.84. The van der Waals surface area contributed by atoms with E-state index in [0.29, 0.717) is 0 Å². The summed E-state index contributed by atoms with van der Waals surface area (Å²) in [5, 5.41) is -4.57. The summed E-state index contributed by atoms with van der Waals surface area (Å²) in [4.78, 5) is 0. The highest BCUT2D eigenvalue weighted by Crippen LogP contribution is 2.45. The fourth-order valence-electron chi connectivity index (χ4n) is 4.56. The Morgan fingerprint density at radius 1 is 0.262 bits per heavy atom. The lowest BCUT2D eigenvalue weighted by molar-refractivity contribution is 1.61. The predicted molar refractivity (Wildman–Crippen MR) is 181 cm³/mol. The van der Waals surface area contributed by atoms with Gasteiger partial charge in [-0.25, -0.2) is 0 Å². The first-order valence-corrected chi connectivity index (χ1v) is 12.2. The molecule has 8 rings (SSSR count). The van der Waals surface area contributed by atoms with Crippen LogP contribution >= 0.6 is 0 Å². The fraction of sp³-hybridized carbons (Fsp3) is 0. The van der Waals surface area contributed by atoms with Gasteiger partial charge in [0.2, 0.25) is 0 Å². The number of benzene rings is 8. The summed E-state index contributed by atoms with van der Waals surface area (Å²) >= 11 is 0. The van der Waals surface area contributed by atoms with E-state index in [-0.39, 0.29) is 0 Å². The van der Waals surface area contributed by atoms with E-state index in [0.717, 1.165) is 0 Å². The largest absolute Gasteiger partial charge is 0.0636 e. The first-order chi connectivity index (χ1) is 32.5. The molecule has 0 bridgehead atoms. The van der Waals surface area contributed by atoms with Gasteiger partial charge in [-0.3, -0.25) is 0 Å². The third-order valence-corrected chi connectivity index (χ3v) is 6.38. The number of fused-ring (bicyclic) bond motifs is 3. The first-order valence-electron chi connectivity index (χ1n) is 26.2. The lowest BCUT2D eigenvalue weighted by Gasteiger charge is -2.19. The van der Waals surface area contributed by atoms with Gasteiger partial charge in [-0.1, -0.05) is 157 Å². The summed E-state index contributed by atoms with van der Waals surface area (Å²) in [6.07, 6.45) is 0. The Morgan fingerprint density at radius 2 is 0.714 bits per heavy atom. The van der Waals surface area contributed by atoms with Gasteiger partial charge in [-0.15, -0.1) is 0 Å². The molecule has 0 heterocycles. The third-order valence-electron chi connectivity index (χ3n) is 6.38. The molecule has 0 N–H and O–H groups in total. The topological polar surface area (TPSA) is 0 Å². The second kappa shape index (κ2) is 10.2. The molecular formula is C42H28. The van der Waals surface area contributed by atoms with E-state index in [1.165, 1.54) is 0 Å². The summed E-state index contributed by atoms with van der Waals surface area (Å²) < 4.78 is 249. The van der Waals surface area contributed by atoms with Gasteiger partial charge in [0.05, 0.1) is 38.4 Å². The zero-order valence-electron chi connectivity index (χ0n) is 49.0. The number of rotatable bonds is 4. The smallest absolute Gasteiger partial charge is 0.0622 e. The molecule has 42 heavy (non-hydrogen) atoms. The molecule has 0 aliphatic rings. The summed E-state index contributed by atoms with van der Waals surface area (Å²) in [6.45, 7) is 0. The van der Waals surface area contributed by atoms with Crippen LogP contribution in [0.2, 0.25) is 0 Å². The standard InChI is InChI=1S/C42H28/c1-3-11-29(12-4-1)32-19-22-33(23-20-32)41-37-17-9-10-18-38(37)42(36-24-21-31-15-7-8-16-34(31)27-36)39-26-25-35(28-40(39)41)30-13-5-2-6-14-30/h1-28H/i1D,2D,3D,4D,5D,6D,7D,8D,9D,10D,11D,12D,13D,14D,15D,16D,17D,18D,19D,20D,21D,22D,23D,24D,25D,26D,27D,28D. The van der Waals surface area contributed by atoms with Gasteiger partial charge in [0.25, 0.3) is 0 Å². The van der Waals surface area contributed by atoms with Crippen LogP contribution < -0.4 is 0 Å². The van der Waals surface area contributed by atoms with Crippen molar-refractivity contribution in [2.45, 2.75) is 0 Å². The van der Waals surface area contributed by atoms with E-state index >= 15 is 0 Å². The quantitative estimate of drug-likeness (QED) is 0.188. The minimum absolute atomic E-state index is 0.614. The molecule has 0 amide bonds. The minimum atomic E-state index is -1.13. The molecule has 0 unspecified atom stereocenters. The lowest BCUT2D eigenvalue weighted by Crippen LogP contribution is -1.92. The van der Waals surface area contributed by atoms with Crippen molar-refractivity contribution in [2.24, 2.45) is 0 Å². The van der Waals surface area contributed by atoms with E-state index in [1.807, 2.05) is 0 Å². The molecule has 0 spiro atoms. The average Bonchev–Trinajstić information content (AvgIpc) is 3.32. The zero-order chi connectivity index (χ0) is 52.2. The molecule has 0 aliphatic carbocycles. The SMILES string of the molecule is [2H]c1c([2H])c([2H])c(-c2c([2H])c([2H])c(-c3c4c([2H])c([2H])c([2H])c([2H])c4c(-c4c([2H])c([2H])c5c([2H])c([2H])c([2H])c([2H])c5c4[2H])c4c([2H])c([2H])c(-c5c([2H])c([2H])c([2H])c([2H])c5[2H])c([2H])c34)c([2H])c2[2H])c([2H])c1[2H]. The van der Waals surface area contributed by atoms with Crippen molar-refractivity contribution in [1.82, 2.24) is 0 Å². The second-order valence-corrected chi connectivity index (χ2v) is 8.75. The van der Waals surface area contributed by atoms with Crippen LogP contribution in [0.5, 0.6) is 0 Å². The van der Waals surface area contributed by atoms with Crippen LogP contribution in [0.3, 0.4) is 0 Å². The van der Waals surface area contributed by atoms with Gasteiger partial charge in [0.15, 0.2) is 0 Å². The van der Waals surface area contributed by atoms with E-state index in [1.54, 1.807) is 0 Å². The molecule has 0 fully saturated rings. The molecule has 0 saturated heterocycles. The van der Waals surface area contributed by atoms with Crippen LogP contribution in [0.4, 0.5) is 0 Å². The van der Waals surface area contributed by atoms with E-state index in [2.05, 4.69) is 0 Å². The highest BCUT2D eigenvalue weighted by molar-refractivity contribution is 6.22. The molecule has 0 heteroatoms. The molecule has 0 aliphatic heterocycles. The van der Waals surface area contributed by atoms with Crippen LogP contribution in [0.1, 0.15) is 38.4 Å². The molecule has 8 aromatic rings. The monoisotopic (exact) mass is 560 g/mol. The maximum atomic E-state index is 9.90. The maximum absolute atomic E-state index is 9.90. The summed E-state index contributed by atoms with van der Waals surface area (Å²) in [6, 6.07) is -27.6. The van der Waals surface area contributed by atoms with Crippen molar-refractivity contribution in [3.8, 4) is 44.5 Å². The zero-order valence-corrected chi connectivity index (χ0v) is 21.0. The van der Waals surface area contributed by atoms with Gasteiger partial charge in [0.1, 0.15) is 0 Å². The average molecular weight is 561 g/mol. The second-order valence-electron chi connectivity index (χ2n) is 8.75. The summed E-state index contributed by atoms with van der Waals surface area (Å²) in [7, 11) is 0. The van der Waals surface area contributed by atoms with Gasteiger partial charge in [-0.2, -0.15) is 0 Å². The van der Waals surface area contributed by atoms with Crippen molar-refractivity contribution >= 4 is 32.3 Å². The maximum Gasteiger partial charge on any atom is 0.0636 e. The third kappa shape index (κ3) is 4.17. The van der Waals surface area contributed by atoms with Gasteiger partial charge < -0.3 is 0 Å². The molecule has 196 valence electrons. The van der Waals surface area contributed by atoms with Crippen molar-refractivity contribution in [3.63, 3.8) is 0 Å². The number of hydrogen-bond acceptors (Lipinski definition) is 0. The van der Waals surface area contributed by atoms with Crippen molar-refractivity contribution in [3.05, 3.63) is 169 Å². The Labute approximate surface area is 285 Å². The molecule has 8 aromatic carbocycles. The van der Waals surface area contributed by atoms with E-state index in [4.69, 9.17) is 23.3 Å². The van der Waals surface area contributed by atoms with E-state index in [9.17, 15) is 15.1 Å². The van der Waals surface area contributed by atoms with Crippen molar-refractivity contribution < 1.29 is 38.4 Å². The highest BCUT2D eigenvalue weighted by Gasteiger charge is 2.18.